The van der Waals surface area contributed by atoms with E-state index in [2.05, 4.69) is 0 Å². The van der Waals surface area contributed by atoms with E-state index < -0.39 is 0 Å². The van der Waals surface area contributed by atoms with Crippen LogP contribution in [0.1, 0.15) is 0 Å². The summed E-state index contributed by atoms with van der Waals surface area (Å²) in [5.74, 6) is 0. The van der Waals surface area contributed by atoms with Gasteiger partial charge in [-0.15, -0.1) is 0 Å². The molecule has 0 radical (unpaired) electrons. The highest BCUT2D eigenvalue weighted by Gasteiger charge is 1.88. The monoisotopic (exact) mass is 129 g/mol. The summed E-state index contributed by atoms with van der Waals surface area (Å²) in [6.45, 7) is 0. The van der Waals surface area contributed by atoms with Crippen molar-refractivity contribution >= 4 is 17.7 Å². The summed E-state index contributed by atoms with van der Waals surface area (Å²) in [5.41, 5.74) is 0. The molecule has 42 valence electrons. The minimum absolute atomic E-state index is 0.236. The Bertz CT molecular complexity index is 236. The molecule has 0 aliphatic rings. The van der Waals surface area contributed by atoms with Gasteiger partial charge in [0, 0.05) is 11.6 Å². The van der Waals surface area contributed by atoms with Crippen molar-refractivity contribution < 1.29 is 4.79 Å². The molecule has 0 amide bonds. The van der Waals surface area contributed by atoms with Gasteiger partial charge in [-0.05, 0) is 0 Å². The van der Waals surface area contributed by atoms with Gasteiger partial charge in [-0.3, -0.25) is 9.59 Å². The molecule has 0 saturated carbocycles. The first-order valence-electron chi connectivity index (χ1n) is 1.95. The quantitative estimate of drug-likeness (QED) is 0.498. The Hall–Kier alpha value is -0.900. The molecule has 0 bridgehead atoms. The molecule has 0 aromatic carbocycles. The second-order valence-electron chi connectivity index (χ2n) is 1.18. The molecule has 3 nitrogen and oxygen atoms in total. The van der Waals surface area contributed by atoms with Crippen LogP contribution in [0, 0.1) is 0 Å². The molecule has 0 atom stereocenters. The second-order valence-corrected chi connectivity index (χ2v) is 2.04. The fourth-order valence-corrected chi connectivity index (χ4v) is 0.888. The lowest BCUT2D eigenvalue weighted by Crippen LogP contribution is -2.09. The Morgan fingerprint density at radius 3 is 2.75 bits per heavy atom. The van der Waals surface area contributed by atoms with Crippen molar-refractivity contribution in [3.8, 4) is 0 Å². The van der Waals surface area contributed by atoms with Crippen molar-refractivity contribution in [3.63, 3.8) is 0 Å². The van der Waals surface area contributed by atoms with Gasteiger partial charge in [0.25, 0.3) is 0 Å². The average molecular weight is 129 g/mol. The molecule has 0 spiro atoms. The van der Waals surface area contributed by atoms with E-state index in [-0.39, 0.29) is 4.87 Å². The first kappa shape index (κ1) is 5.24. The molecular weight excluding hydrogens is 126 g/mol. The van der Waals surface area contributed by atoms with Gasteiger partial charge in [0.05, 0.1) is 0 Å². The molecule has 0 fully saturated rings. The molecule has 0 aliphatic heterocycles. The first-order chi connectivity index (χ1) is 3.84. The van der Waals surface area contributed by atoms with Gasteiger partial charge in [0.2, 0.25) is 6.41 Å². The summed E-state index contributed by atoms with van der Waals surface area (Å²) in [7, 11) is 0. The Morgan fingerprint density at radius 1 is 1.75 bits per heavy atom. The summed E-state index contributed by atoms with van der Waals surface area (Å²) < 4.78 is 0.991. The number of nitrogens with zero attached hydrogens (tertiary/aromatic N) is 1. The van der Waals surface area contributed by atoms with Gasteiger partial charge in [-0.25, -0.2) is 4.57 Å². The van der Waals surface area contributed by atoms with Crippen LogP contribution in [0.2, 0.25) is 0 Å². The predicted molar refractivity (Wildman–Crippen MR) is 30.7 cm³/mol. The second kappa shape index (κ2) is 1.92. The van der Waals surface area contributed by atoms with Crippen LogP contribution < -0.4 is 4.87 Å². The highest BCUT2D eigenvalue weighted by atomic mass is 32.1. The highest BCUT2D eigenvalue weighted by Crippen LogP contribution is 1.82. The minimum atomic E-state index is -0.236. The van der Waals surface area contributed by atoms with Crippen LogP contribution in [0.3, 0.4) is 0 Å². The summed E-state index contributed by atoms with van der Waals surface area (Å²) in [5, 5.41) is 1.57. The van der Waals surface area contributed by atoms with Crippen LogP contribution in [-0.4, -0.2) is 11.0 Å². The Labute approximate surface area is 49.2 Å². The maximum absolute atomic E-state index is 10.4. The van der Waals surface area contributed by atoms with Crippen LogP contribution in [0.5, 0.6) is 0 Å². The lowest BCUT2D eigenvalue weighted by molar-refractivity contribution is 0.546. The van der Waals surface area contributed by atoms with Crippen molar-refractivity contribution in [1.29, 1.82) is 0 Å². The molecule has 0 saturated heterocycles. The third-order valence-corrected chi connectivity index (χ3v) is 1.38. The predicted octanol–water partition coefficient (Wildman–Crippen LogP) is -0.0519. The van der Waals surface area contributed by atoms with Crippen LogP contribution in [0.25, 0.3) is 0 Å². The molecule has 4 heteroatoms. The van der Waals surface area contributed by atoms with Crippen molar-refractivity contribution in [2.75, 3.05) is 0 Å². The summed E-state index contributed by atoms with van der Waals surface area (Å²) >= 11 is 1.01. The average Bonchev–Trinajstić information content (AvgIpc) is 2.14. The summed E-state index contributed by atoms with van der Waals surface area (Å²) in [6.07, 6.45) is 1.92. The maximum atomic E-state index is 10.4. The molecule has 1 aromatic heterocycles. The Kier molecular flexibility index (Phi) is 1.26. The van der Waals surface area contributed by atoms with E-state index in [4.69, 9.17) is 0 Å². The largest absolute Gasteiger partial charge is 0.313 e. The lowest BCUT2D eigenvalue weighted by Gasteiger charge is -1.75. The van der Waals surface area contributed by atoms with Crippen molar-refractivity contribution in [1.82, 2.24) is 4.57 Å². The molecule has 1 aromatic rings. The zero-order valence-corrected chi connectivity index (χ0v) is 4.72. The summed E-state index contributed by atoms with van der Waals surface area (Å²) in [6, 6.07) is 0. The van der Waals surface area contributed by atoms with Crippen LogP contribution in [0.4, 0.5) is 0 Å². The molecule has 0 N–H and O–H groups in total. The van der Waals surface area contributed by atoms with Gasteiger partial charge >= 0.3 is 4.87 Å². The van der Waals surface area contributed by atoms with Crippen molar-refractivity contribution in [2.45, 2.75) is 0 Å². The fraction of sp³-hybridized carbons (Fsp3) is 0. The van der Waals surface area contributed by atoms with Crippen LogP contribution >= 0.6 is 11.3 Å². The molecule has 1 heterocycles. The SMILES string of the molecule is O=Cn1ccsc1=O. The maximum Gasteiger partial charge on any atom is 0.313 e. The number of rotatable bonds is 1. The molecule has 0 unspecified atom stereocenters. The Balaban J connectivity index is 3.30. The summed E-state index contributed by atoms with van der Waals surface area (Å²) in [4.78, 5) is 20.0. The van der Waals surface area contributed by atoms with Gasteiger partial charge in [-0.2, -0.15) is 0 Å². The van der Waals surface area contributed by atoms with Crippen molar-refractivity contribution in [3.05, 3.63) is 21.2 Å². The number of aromatic nitrogens is 1. The number of thiazole rings is 1. The van der Waals surface area contributed by atoms with E-state index in [1.165, 1.54) is 6.20 Å². The standard InChI is InChI=1S/C4H3NO2S/c6-3-5-1-2-8-4(5)7/h1-3H. The van der Waals surface area contributed by atoms with E-state index in [0.717, 1.165) is 15.9 Å². The normalized spacial score (nSPS) is 9.00. The van der Waals surface area contributed by atoms with Gasteiger partial charge < -0.3 is 0 Å². The minimum Gasteiger partial charge on any atom is -0.278 e. The molecule has 8 heavy (non-hydrogen) atoms. The third kappa shape index (κ3) is 0.696. The number of hydrogen-bond donors (Lipinski definition) is 0. The molecule has 1 rings (SSSR count). The number of carbonyl (C=O) groups is 1. The van der Waals surface area contributed by atoms with Gasteiger partial charge in [-0.1, -0.05) is 11.3 Å². The number of hydrogen-bond acceptors (Lipinski definition) is 3. The van der Waals surface area contributed by atoms with Crippen molar-refractivity contribution in [2.24, 2.45) is 0 Å². The molecule has 0 aliphatic carbocycles. The Morgan fingerprint density at radius 2 is 2.50 bits per heavy atom. The van der Waals surface area contributed by atoms with E-state index in [0.29, 0.717) is 6.41 Å². The smallest absolute Gasteiger partial charge is 0.278 e. The zero-order chi connectivity index (χ0) is 5.98. The van der Waals surface area contributed by atoms with Crippen LogP contribution in [-0.2, 0) is 4.79 Å². The molecular formula is C4H3NO2S. The first-order valence-corrected chi connectivity index (χ1v) is 2.83. The highest BCUT2D eigenvalue weighted by molar-refractivity contribution is 7.07. The lowest BCUT2D eigenvalue weighted by atomic mass is 10.9. The topological polar surface area (TPSA) is 39.1 Å². The van der Waals surface area contributed by atoms with E-state index in [1.807, 2.05) is 0 Å². The van der Waals surface area contributed by atoms with E-state index in [9.17, 15) is 9.59 Å². The van der Waals surface area contributed by atoms with Gasteiger partial charge in [0.1, 0.15) is 0 Å². The van der Waals surface area contributed by atoms with Gasteiger partial charge in [0.15, 0.2) is 0 Å². The van der Waals surface area contributed by atoms with E-state index >= 15 is 0 Å². The third-order valence-electron chi connectivity index (χ3n) is 0.715. The number of carbonyl (C=O) groups excluding carboxylic acids is 1. The zero-order valence-electron chi connectivity index (χ0n) is 3.90. The fourth-order valence-electron chi connectivity index (χ4n) is 0.354. The van der Waals surface area contributed by atoms with Crippen LogP contribution in [0.15, 0.2) is 16.4 Å². The van der Waals surface area contributed by atoms with E-state index in [1.54, 1.807) is 5.38 Å².